The van der Waals surface area contributed by atoms with Crippen molar-refractivity contribution in [2.45, 2.75) is 6.10 Å². The van der Waals surface area contributed by atoms with E-state index in [4.69, 9.17) is 11.6 Å². The van der Waals surface area contributed by atoms with Gasteiger partial charge in [-0.05, 0) is 22.4 Å². The van der Waals surface area contributed by atoms with Gasteiger partial charge >= 0.3 is 0 Å². The van der Waals surface area contributed by atoms with E-state index in [1.165, 1.54) is 6.20 Å². The highest BCUT2D eigenvalue weighted by Crippen LogP contribution is 2.33. The molecule has 2 aromatic carbocycles. The molecule has 0 saturated heterocycles. The molecule has 21 heavy (non-hydrogen) atoms. The highest BCUT2D eigenvalue weighted by molar-refractivity contribution is 6.30. The first-order valence-electron chi connectivity index (χ1n) is 6.42. The van der Waals surface area contributed by atoms with Gasteiger partial charge in [-0.3, -0.25) is 0 Å². The van der Waals surface area contributed by atoms with Crippen LogP contribution in [0.25, 0.3) is 10.8 Å². The summed E-state index contributed by atoms with van der Waals surface area (Å²) in [7, 11) is 0. The van der Waals surface area contributed by atoms with Crippen LogP contribution in [0.5, 0.6) is 0 Å². The zero-order chi connectivity index (χ0) is 14.8. The van der Waals surface area contributed by atoms with Crippen LogP contribution < -0.4 is 0 Å². The fourth-order valence-electron chi connectivity index (χ4n) is 2.45. The van der Waals surface area contributed by atoms with Crippen molar-refractivity contribution < 1.29 is 5.11 Å². The zero-order valence-electron chi connectivity index (χ0n) is 11.0. The third-order valence-corrected chi connectivity index (χ3v) is 3.75. The topological polar surface area (TPSA) is 56.9 Å². The van der Waals surface area contributed by atoms with Gasteiger partial charge in [0.2, 0.25) is 0 Å². The monoisotopic (exact) mass is 294 g/mol. The van der Waals surface area contributed by atoms with Crippen molar-refractivity contribution >= 4 is 22.4 Å². The van der Waals surface area contributed by atoms with Gasteiger partial charge in [0.15, 0.2) is 0 Å². The van der Waals surface area contributed by atoms with Crippen LogP contribution in [0.1, 0.15) is 22.8 Å². The van der Waals surface area contributed by atoms with E-state index in [0.29, 0.717) is 16.7 Å². The summed E-state index contributed by atoms with van der Waals surface area (Å²) in [5.41, 5.74) is 1.38. The second-order valence-corrected chi connectivity index (χ2v) is 5.00. The maximum Gasteiger partial charge on any atom is 0.136 e. The minimum Gasteiger partial charge on any atom is -0.383 e. The fraction of sp³-hybridized carbons (Fsp3) is 0.0588. The van der Waals surface area contributed by atoms with Gasteiger partial charge < -0.3 is 5.11 Å². The van der Waals surface area contributed by atoms with E-state index < -0.39 is 6.10 Å². The first-order valence-corrected chi connectivity index (χ1v) is 6.80. The van der Waals surface area contributed by atoms with Crippen LogP contribution in [-0.2, 0) is 0 Å². The lowest BCUT2D eigenvalue weighted by Crippen LogP contribution is -2.05. The van der Waals surface area contributed by atoms with Gasteiger partial charge in [-0.1, -0.05) is 54.1 Å². The molecule has 1 N–H and O–H groups in total. The van der Waals surface area contributed by atoms with E-state index in [9.17, 15) is 10.4 Å². The molecule has 3 aromatic rings. The number of halogens is 1. The Hall–Kier alpha value is -2.41. The summed E-state index contributed by atoms with van der Waals surface area (Å²) >= 11 is 6.08. The second kappa shape index (κ2) is 5.53. The molecule has 0 spiro atoms. The van der Waals surface area contributed by atoms with Crippen molar-refractivity contribution in [1.82, 2.24) is 4.98 Å². The molecular weight excluding hydrogens is 284 g/mol. The third-order valence-electron chi connectivity index (χ3n) is 3.45. The Bertz CT molecular complexity index is 850. The number of rotatable bonds is 2. The predicted molar refractivity (Wildman–Crippen MR) is 82.0 cm³/mol. The quantitative estimate of drug-likeness (QED) is 0.731. The summed E-state index contributed by atoms with van der Waals surface area (Å²) < 4.78 is 0. The molecule has 102 valence electrons. The number of aromatic nitrogens is 1. The Morgan fingerprint density at radius 2 is 1.86 bits per heavy atom. The minimum absolute atomic E-state index is 0.148. The number of hydrogen-bond acceptors (Lipinski definition) is 3. The zero-order valence-corrected chi connectivity index (χ0v) is 11.7. The molecule has 0 aliphatic carbocycles. The van der Waals surface area contributed by atoms with Gasteiger partial charge in [-0.25, -0.2) is 4.98 Å². The lowest BCUT2D eigenvalue weighted by atomic mass is 9.94. The number of pyridine rings is 1. The summed E-state index contributed by atoms with van der Waals surface area (Å²) in [6, 6.07) is 17.0. The van der Waals surface area contributed by atoms with Crippen molar-refractivity contribution in [3.05, 3.63) is 76.6 Å². The molecule has 3 nitrogen and oxygen atoms in total. The Morgan fingerprint density at radius 3 is 2.67 bits per heavy atom. The highest BCUT2D eigenvalue weighted by atomic mass is 35.5. The molecule has 0 aliphatic rings. The smallest absolute Gasteiger partial charge is 0.136 e. The van der Waals surface area contributed by atoms with Crippen molar-refractivity contribution in [2.24, 2.45) is 0 Å². The normalized spacial score (nSPS) is 12.0. The van der Waals surface area contributed by atoms with Gasteiger partial charge in [0.25, 0.3) is 0 Å². The third kappa shape index (κ3) is 2.36. The van der Waals surface area contributed by atoms with Crippen LogP contribution in [-0.4, -0.2) is 10.1 Å². The standard InChI is InChI=1S/C17H11ClN2O/c18-17-15(12(10-19)8-9-20-17)16(21)14-7-3-5-11-4-1-2-6-13(11)14/h1-9,16,21H/t16-/m0/s1. The van der Waals surface area contributed by atoms with Crippen LogP contribution >= 0.6 is 11.6 Å². The molecular formula is C17H11ClN2O. The Kier molecular flexibility index (Phi) is 3.57. The highest BCUT2D eigenvalue weighted by Gasteiger charge is 2.20. The van der Waals surface area contributed by atoms with Gasteiger partial charge in [0.05, 0.1) is 11.6 Å². The maximum absolute atomic E-state index is 10.7. The fourth-order valence-corrected chi connectivity index (χ4v) is 2.71. The van der Waals surface area contributed by atoms with Crippen molar-refractivity contribution in [3.8, 4) is 6.07 Å². The van der Waals surface area contributed by atoms with E-state index in [1.54, 1.807) is 6.07 Å². The molecule has 0 amide bonds. The van der Waals surface area contributed by atoms with Crippen molar-refractivity contribution in [3.63, 3.8) is 0 Å². The first-order chi connectivity index (χ1) is 10.2. The minimum atomic E-state index is -0.994. The van der Waals surface area contributed by atoms with E-state index in [1.807, 2.05) is 42.5 Å². The van der Waals surface area contributed by atoms with Crippen molar-refractivity contribution in [2.75, 3.05) is 0 Å². The van der Waals surface area contributed by atoms with E-state index in [2.05, 4.69) is 11.1 Å². The van der Waals surface area contributed by atoms with E-state index in [0.717, 1.165) is 10.8 Å². The summed E-state index contributed by atoms with van der Waals surface area (Å²) in [5.74, 6) is 0. The first kappa shape index (κ1) is 13.6. The average Bonchev–Trinajstić information content (AvgIpc) is 2.53. The molecule has 0 radical (unpaired) electrons. The van der Waals surface area contributed by atoms with Gasteiger partial charge in [0, 0.05) is 11.8 Å². The Labute approximate surface area is 127 Å². The second-order valence-electron chi connectivity index (χ2n) is 4.65. The number of benzene rings is 2. The van der Waals surface area contributed by atoms with Crippen molar-refractivity contribution in [1.29, 1.82) is 5.26 Å². The predicted octanol–water partition coefficient (Wildman–Crippen LogP) is 3.84. The molecule has 0 fully saturated rings. The summed E-state index contributed by atoms with van der Waals surface area (Å²) in [5, 5.41) is 22.0. The Morgan fingerprint density at radius 1 is 1.10 bits per heavy atom. The molecule has 1 heterocycles. The summed E-state index contributed by atoms with van der Waals surface area (Å²) in [4.78, 5) is 3.97. The van der Waals surface area contributed by atoms with Crippen LogP contribution in [0.15, 0.2) is 54.7 Å². The number of fused-ring (bicyclic) bond motifs is 1. The van der Waals surface area contributed by atoms with Gasteiger partial charge in [-0.15, -0.1) is 0 Å². The molecule has 1 atom stereocenters. The SMILES string of the molecule is N#Cc1ccnc(Cl)c1[C@@H](O)c1cccc2ccccc12. The Balaban J connectivity index is 2.23. The van der Waals surface area contributed by atoms with Crippen LogP contribution in [0.2, 0.25) is 5.15 Å². The molecule has 0 unspecified atom stereocenters. The van der Waals surface area contributed by atoms with Crippen LogP contribution in [0, 0.1) is 11.3 Å². The number of aliphatic hydroxyl groups is 1. The molecule has 4 heteroatoms. The molecule has 0 saturated carbocycles. The van der Waals surface area contributed by atoms with Crippen LogP contribution in [0.4, 0.5) is 0 Å². The number of hydrogen-bond donors (Lipinski definition) is 1. The maximum atomic E-state index is 10.7. The molecule has 3 rings (SSSR count). The largest absolute Gasteiger partial charge is 0.383 e. The number of nitriles is 1. The lowest BCUT2D eigenvalue weighted by Gasteiger charge is -2.16. The van der Waals surface area contributed by atoms with Gasteiger partial charge in [-0.2, -0.15) is 5.26 Å². The summed E-state index contributed by atoms with van der Waals surface area (Å²) in [6.45, 7) is 0. The van der Waals surface area contributed by atoms with Gasteiger partial charge in [0.1, 0.15) is 11.3 Å². The number of nitrogens with zero attached hydrogens (tertiary/aromatic N) is 2. The lowest BCUT2D eigenvalue weighted by molar-refractivity contribution is 0.221. The number of aliphatic hydroxyl groups excluding tert-OH is 1. The van der Waals surface area contributed by atoms with Crippen LogP contribution in [0.3, 0.4) is 0 Å². The molecule has 0 aliphatic heterocycles. The molecule has 1 aromatic heterocycles. The van der Waals surface area contributed by atoms with E-state index in [-0.39, 0.29) is 5.15 Å². The average molecular weight is 295 g/mol. The summed E-state index contributed by atoms with van der Waals surface area (Å²) in [6.07, 6.45) is 0.465. The molecule has 0 bridgehead atoms. The van der Waals surface area contributed by atoms with E-state index >= 15 is 0 Å².